The van der Waals surface area contributed by atoms with Gasteiger partial charge in [-0.2, -0.15) is 0 Å². The number of rotatable bonds is 3. The molecular formula is C16H13N5. The van der Waals surface area contributed by atoms with Gasteiger partial charge in [0, 0.05) is 24.3 Å². The molecule has 0 bridgehead atoms. The monoisotopic (exact) mass is 275 g/mol. The number of fused-ring (bicyclic) bond motifs is 1. The highest BCUT2D eigenvalue weighted by molar-refractivity contribution is 5.73. The van der Waals surface area contributed by atoms with Crippen molar-refractivity contribution in [1.29, 1.82) is 0 Å². The summed E-state index contributed by atoms with van der Waals surface area (Å²) in [5.41, 5.74) is 2.84. The quantitative estimate of drug-likeness (QED) is 0.577. The molecule has 5 heteroatoms. The van der Waals surface area contributed by atoms with Crippen LogP contribution >= 0.6 is 0 Å². The summed E-state index contributed by atoms with van der Waals surface area (Å²) in [7, 11) is 0. The molecule has 0 atom stereocenters. The molecule has 0 unspecified atom stereocenters. The van der Waals surface area contributed by atoms with Gasteiger partial charge in [0.2, 0.25) is 0 Å². The second-order valence-electron chi connectivity index (χ2n) is 4.78. The summed E-state index contributed by atoms with van der Waals surface area (Å²) in [6.07, 6.45) is 7.29. The van der Waals surface area contributed by atoms with Crippen molar-refractivity contribution < 1.29 is 0 Å². The molecule has 21 heavy (non-hydrogen) atoms. The maximum atomic E-state index is 4.72. The molecule has 3 aromatic heterocycles. The summed E-state index contributed by atoms with van der Waals surface area (Å²) in [6, 6.07) is 14.1. The average molecular weight is 275 g/mol. The Labute approximate surface area is 121 Å². The molecule has 0 saturated heterocycles. The summed E-state index contributed by atoms with van der Waals surface area (Å²) in [4.78, 5) is 13.3. The number of hydrogen-bond acceptors (Lipinski definition) is 3. The Balaban J connectivity index is 1.93. The third-order valence-electron chi connectivity index (χ3n) is 3.38. The lowest BCUT2D eigenvalue weighted by atomic mass is 10.3. The van der Waals surface area contributed by atoms with E-state index in [0.717, 1.165) is 22.7 Å². The Kier molecular flexibility index (Phi) is 2.74. The van der Waals surface area contributed by atoms with E-state index in [1.54, 1.807) is 18.7 Å². The van der Waals surface area contributed by atoms with Crippen molar-refractivity contribution in [3.05, 3.63) is 73.2 Å². The van der Waals surface area contributed by atoms with Gasteiger partial charge >= 0.3 is 0 Å². The molecule has 0 aliphatic carbocycles. The molecule has 1 aromatic carbocycles. The average Bonchev–Trinajstić information content (AvgIpc) is 3.15. The van der Waals surface area contributed by atoms with Crippen LogP contribution in [0.2, 0.25) is 0 Å². The molecule has 4 aromatic rings. The number of imidazole rings is 2. The van der Waals surface area contributed by atoms with Crippen LogP contribution in [0.4, 0.5) is 0 Å². The zero-order valence-electron chi connectivity index (χ0n) is 11.3. The number of benzene rings is 1. The third kappa shape index (κ3) is 2.08. The van der Waals surface area contributed by atoms with Crippen molar-refractivity contribution in [1.82, 2.24) is 24.1 Å². The smallest absolute Gasteiger partial charge is 0.164 e. The maximum Gasteiger partial charge on any atom is 0.164 e. The summed E-state index contributed by atoms with van der Waals surface area (Å²) < 4.78 is 4.09. The Hall–Kier alpha value is -2.95. The number of aromatic nitrogens is 5. The van der Waals surface area contributed by atoms with Crippen LogP contribution in [-0.4, -0.2) is 24.1 Å². The molecule has 3 heterocycles. The maximum absolute atomic E-state index is 4.72. The van der Waals surface area contributed by atoms with Gasteiger partial charge in [-0.05, 0) is 24.3 Å². The summed E-state index contributed by atoms with van der Waals surface area (Å²) >= 11 is 0. The van der Waals surface area contributed by atoms with E-state index in [-0.39, 0.29) is 0 Å². The van der Waals surface area contributed by atoms with Gasteiger partial charge in [0.25, 0.3) is 0 Å². The minimum Gasteiger partial charge on any atom is -0.330 e. The lowest BCUT2D eigenvalue weighted by Crippen LogP contribution is -2.06. The van der Waals surface area contributed by atoms with E-state index >= 15 is 0 Å². The van der Waals surface area contributed by atoms with Crippen molar-refractivity contribution in [3.8, 4) is 5.69 Å². The van der Waals surface area contributed by atoms with Crippen molar-refractivity contribution >= 4 is 11.2 Å². The molecule has 4 rings (SSSR count). The van der Waals surface area contributed by atoms with Crippen molar-refractivity contribution in [3.63, 3.8) is 0 Å². The topological polar surface area (TPSA) is 48.5 Å². The standard InChI is InChI=1S/C16H13N5/c1-2-5-13(6-3-1)21-15(11-20-10-9-17-12-20)19-14-7-4-8-18-16(14)21/h1-10,12H,11H2. The van der Waals surface area contributed by atoms with E-state index < -0.39 is 0 Å². The second kappa shape index (κ2) is 4.86. The van der Waals surface area contributed by atoms with E-state index in [1.165, 1.54) is 0 Å². The molecule has 0 spiro atoms. The van der Waals surface area contributed by atoms with Crippen molar-refractivity contribution in [2.45, 2.75) is 6.54 Å². The molecule has 0 aliphatic heterocycles. The van der Waals surface area contributed by atoms with Crippen LogP contribution in [0.25, 0.3) is 16.9 Å². The van der Waals surface area contributed by atoms with E-state index in [4.69, 9.17) is 4.98 Å². The van der Waals surface area contributed by atoms with E-state index in [0.29, 0.717) is 6.54 Å². The van der Waals surface area contributed by atoms with E-state index in [9.17, 15) is 0 Å². The fourth-order valence-corrected chi connectivity index (χ4v) is 2.46. The van der Waals surface area contributed by atoms with Crippen LogP contribution in [0.15, 0.2) is 67.4 Å². The Bertz CT molecular complexity index is 862. The lowest BCUT2D eigenvalue weighted by molar-refractivity contribution is 0.732. The second-order valence-corrected chi connectivity index (χ2v) is 4.78. The largest absolute Gasteiger partial charge is 0.330 e. The molecule has 0 fully saturated rings. The summed E-state index contributed by atoms with van der Waals surface area (Å²) in [5, 5.41) is 0. The Morgan fingerprint density at radius 2 is 1.86 bits per heavy atom. The fourth-order valence-electron chi connectivity index (χ4n) is 2.46. The fraction of sp³-hybridized carbons (Fsp3) is 0.0625. The van der Waals surface area contributed by atoms with Gasteiger partial charge in [-0.15, -0.1) is 0 Å². The van der Waals surface area contributed by atoms with Gasteiger partial charge in [0.15, 0.2) is 5.65 Å². The molecule has 0 saturated carbocycles. The SMILES string of the molecule is c1ccc(-n2c(Cn3ccnc3)nc3cccnc32)cc1. The first-order valence-electron chi connectivity index (χ1n) is 6.75. The number of pyridine rings is 1. The van der Waals surface area contributed by atoms with E-state index in [2.05, 4.69) is 26.7 Å². The highest BCUT2D eigenvalue weighted by Gasteiger charge is 2.13. The highest BCUT2D eigenvalue weighted by Crippen LogP contribution is 2.20. The number of nitrogens with zero attached hydrogens (tertiary/aromatic N) is 5. The molecule has 102 valence electrons. The predicted molar refractivity (Wildman–Crippen MR) is 80.2 cm³/mol. The molecule has 0 N–H and O–H groups in total. The Morgan fingerprint density at radius 1 is 0.952 bits per heavy atom. The van der Waals surface area contributed by atoms with Gasteiger partial charge in [-0.3, -0.25) is 4.57 Å². The first-order valence-corrected chi connectivity index (χ1v) is 6.75. The van der Waals surface area contributed by atoms with Gasteiger partial charge in [-0.1, -0.05) is 18.2 Å². The van der Waals surface area contributed by atoms with Gasteiger partial charge in [-0.25, -0.2) is 15.0 Å². The van der Waals surface area contributed by atoms with E-state index in [1.807, 2.05) is 41.1 Å². The minimum atomic E-state index is 0.658. The highest BCUT2D eigenvalue weighted by atomic mass is 15.2. The first kappa shape index (κ1) is 11.8. The zero-order chi connectivity index (χ0) is 14.1. The van der Waals surface area contributed by atoms with Gasteiger partial charge < -0.3 is 4.57 Å². The zero-order valence-corrected chi connectivity index (χ0v) is 11.3. The number of hydrogen-bond donors (Lipinski definition) is 0. The molecule has 0 amide bonds. The molecule has 0 aliphatic rings. The van der Waals surface area contributed by atoms with Gasteiger partial charge in [0.05, 0.1) is 12.9 Å². The Morgan fingerprint density at radius 3 is 2.67 bits per heavy atom. The van der Waals surface area contributed by atoms with Crippen molar-refractivity contribution in [2.24, 2.45) is 0 Å². The predicted octanol–water partition coefficient (Wildman–Crippen LogP) is 2.67. The van der Waals surface area contributed by atoms with Crippen LogP contribution in [0, 0.1) is 0 Å². The first-order chi connectivity index (χ1) is 10.4. The normalized spacial score (nSPS) is 11.0. The minimum absolute atomic E-state index is 0.658. The van der Waals surface area contributed by atoms with Crippen LogP contribution in [0.3, 0.4) is 0 Å². The molecule has 5 nitrogen and oxygen atoms in total. The van der Waals surface area contributed by atoms with Crippen LogP contribution in [0.1, 0.15) is 5.82 Å². The van der Waals surface area contributed by atoms with Crippen LogP contribution < -0.4 is 0 Å². The molecule has 0 radical (unpaired) electrons. The van der Waals surface area contributed by atoms with Crippen LogP contribution in [0.5, 0.6) is 0 Å². The lowest BCUT2D eigenvalue weighted by Gasteiger charge is -2.08. The van der Waals surface area contributed by atoms with Crippen molar-refractivity contribution in [2.75, 3.05) is 0 Å². The van der Waals surface area contributed by atoms with Gasteiger partial charge in [0.1, 0.15) is 11.3 Å². The van der Waals surface area contributed by atoms with Crippen LogP contribution in [-0.2, 0) is 6.54 Å². The summed E-state index contributed by atoms with van der Waals surface area (Å²) in [6.45, 7) is 0.658. The molecular weight excluding hydrogens is 262 g/mol. The summed E-state index contributed by atoms with van der Waals surface area (Å²) in [5.74, 6) is 0.938. The third-order valence-corrected chi connectivity index (χ3v) is 3.38. The number of para-hydroxylation sites is 1.